The third-order valence-corrected chi connectivity index (χ3v) is 6.43. The summed E-state index contributed by atoms with van der Waals surface area (Å²) in [7, 11) is 0. The van der Waals surface area contributed by atoms with Crippen LogP contribution in [-0.4, -0.2) is 34.6 Å². The number of nitrogens with two attached hydrogens (primary N) is 1. The molecule has 180 valence electrons. The van der Waals surface area contributed by atoms with E-state index in [0.29, 0.717) is 35.7 Å². The molecule has 6 nitrogen and oxygen atoms in total. The highest BCUT2D eigenvalue weighted by Crippen LogP contribution is 2.22. The van der Waals surface area contributed by atoms with Gasteiger partial charge in [-0.1, -0.05) is 84.3 Å². The van der Waals surface area contributed by atoms with Crippen molar-refractivity contribution in [2.75, 3.05) is 6.54 Å². The quantitative estimate of drug-likeness (QED) is 0.118. The van der Waals surface area contributed by atoms with E-state index in [1.807, 2.05) is 54.6 Å². The number of benzene rings is 3. The van der Waals surface area contributed by atoms with Crippen LogP contribution in [0, 0.1) is 11.8 Å². The Morgan fingerprint density at radius 3 is 2.31 bits per heavy atom. The smallest absolute Gasteiger partial charge is 0.261 e. The van der Waals surface area contributed by atoms with Crippen molar-refractivity contribution in [3.05, 3.63) is 107 Å². The minimum atomic E-state index is -0.211. The fraction of sp³-hybridized carbons (Fsp3) is 0.172. The molecule has 0 fully saturated rings. The van der Waals surface area contributed by atoms with Crippen molar-refractivity contribution in [2.24, 2.45) is 15.9 Å². The van der Waals surface area contributed by atoms with Crippen molar-refractivity contribution < 1.29 is 9.59 Å². The minimum Gasteiger partial charge on any atom is -0.377 e. The Morgan fingerprint density at radius 1 is 0.889 bits per heavy atom. The van der Waals surface area contributed by atoms with E-state index in [-0.39, 0.29) is 11.8 Å². The molecule has 0 saturated heterocycles. The molecule has 4 rings (SSSR count). The summed E-state index contributed by atoms with van der Waals surface area (Å²) >= 11 is 1.44. The van der Waals surface area contributed by atoms with Gasteiger partial charge in [-0.15, -0.1) is 5.10 Å². The number of carbonyl (C=O) groups is 2. The van der Waals surface area contributed by atoms with Gasteiger partial charge in [-0.2, -0.15) is 5.10 Å². The number of hydrogen-bond donors (Lipinski definition) is 1. The van der Waals surface area contributed by atoms with Crippen LogP contribution in [0.15, 0.2) is 89.1 Å². The highest BCUT2D eigenvalue weighted by Gasteiger charge is 2.34. The van der Waals surface area contributed by atoms with Crippen LogP contribution < -0.4 is 5.73 Å². The first kappa shape index (κ1) is 25.0. The molecule has 3 aromatic rings. The van der Waals surface area contributed by atoms with Crippen LogP contribution >= 0.6 is 11.8 Å². The molecule has 0 spiro atoms. The Kier molecular flexibility index (Phi) is 8.68. The second-order valence-corrected chi connectivity index (χ2v) is 9.11. The molecule has 0 bridgehead atoms. The summed E-state index contributed by atoms with van der Waals surface area (Å²) in [5, 5.41) is 8.61. The molecule has 0 aliphatic carbocycles. The summed E-state index contributed by atoms with van der Waals surface area (Å²) < 4.78 is 0. The zero-order valence-corrected chi connectivity index (χ0v) is 20.6. The number of unbranched alkanes of at least 4 members (excludes halogenated alkanes) is 2. The van der Waals surface area contributed by atoms with E-state index >= 15 is 0 Å². The molecule has 0 unspecified atom stereocenters. The van der Waals surface area contributed by atoms with Gasteiger partial charge in [0, 0.05) is 29.8 Å². The van der Waals surface area contributed by atoms with Gasteiger partial charge < -0.3 is 5.73 Å². The third kappa shape index (κ3) is 6.49. The molecule has 0 atom stereocenters. The topological polar surface area (TPSA) is 88.1 Å². The van der Waals surface area contributed by atoms with Gasteiger partial charge in [-0.05, 0) is 36.6 Å². The predicted octanol–water partition coefficient (Wildman–Crippen LogP) is 5.09. The summed E-state index contributed by atoms with van der Waals surface area (Å²) in [6.45, 7) is 0.402. The molecule has 7 heteroatoms. The van der Waals surface area contributed by atoms with E-state index in [1.165, 1.54) is 22.2 Å². The number of hydrogen-bond acceptors (Lipinski definition) is 5. The van der Waals surface area contributed by atoms with Gasteiger partial charge in [0.25, 0.3) is 11.8 Å². The fourth-order valence-corrected chi connectivity index (χ4v) is 4.33. The van der Waals surface area contributed by atoms with Gasteiger partial charge in [-0.3, -0.25) is 14.5 Å². The van der Waals surface area contributed by atoms with Crippen LogP contribution in [-0.2, 0) is 5.75 Å². The number of rotatable bonds is 8. The van der Waals surface area contributed by atoms with Crippen LogP contribution in [0.4, 0.5) is 0 Å². The standard InChI is InChI=1S/C29H26N4O2S/c30-29(36-21-22-12-4-3-5-13-22)32-31-20-24-16-8-7-15-23(24)14-6-1-2-11-19-33-27(34)25-17-9-10-18-26(25)28(33)35/h3-5,7-10,12-13,15-18,20H,1-2,11,19,21H2,(H2,30,32). The summed E-state index contributed by atoms with van der Waals surface area (Å²) in [6, 6.07) is 24.7. The van der Waals surface area contributed by atoms with Crippen LogP contribution in [0.25, 0.3) is 0 Å². The highest BCUT2D eigenvalue weighted by molar-refractivity contribution is 8.13. The lowest BCUT2D eigenvalue weighted by Crippen LogP contribution is -2.30. The Bertz CT molecular complexity index is 1320. The van der Waals surface area contributed by atoms with Crippen LogP contribution in [0.2, 0.25) is 0 Å². The number of carbonyl (C=O) groups excluding carboxylic acids is 2. The largest absolute Gasteiger partial charge is 0.377 e. The first-order chi connectivity index (χ1) is 17.6. The van der Waals surface area contributed by atoms with Crippen LogP contribution in [0.1, 0.15) is 56.7 Å². The normalized spacial score (nSPS) is 13.1. The van der Waals surface area contributed by atoms with Crippen LogP contribution in [0.3, 0.4) is 0 Å². The highest BCUT2D eigenvalue weighted by atomic mass is 32.2. The van der Waals surface area contributed by atoms with Crippen LogP contribution in [0.5, 0.6) is 0 Å². The molecular formula is C29H26N4O2S. The molecule has 1 aliphatic heterocycles. The maximum absolute atomic E-state index is 12.4. The van der Waals surface area contributed by atoms with E-state index in [9.17, 15) is 9.59 Å². The van der Waals surface area contributed by atoms with Gasteiger partial charge in [0.1, 0.15) is 0 Å². The second kappa shape index (κ2) is 12.5. The molecule has 0 saturated carbocycles. The number of imide groups is 1. The zero-order chi connectivity index (χ0) is 25.2. The number of nitrogens with zero attached hydrogens (tertiary/aromatic N) is 3. The number of amides is 2. The molecule has 36 heavy (non-hydrogen) atoms. The lowest BCUT2D eigenvalue weighted by molar-refractivity contribution is 0.0652. The van der Waals surface area contributed by atoms with Gasteiger partial charge in [0.15, 0.2) is 5.17 Å². The van der Waals surface area contributed by atoms with E-state index < -0.39 is 0 Å². The fourth-order valence-electron chi connectivity index (χ4n) is 3.72. The zero-order valence-electron chi connectivity index (χ0n) is 19.8. The number of thioether (sulfide) groups is 1. The predicted molar refractivity (Wildman–Crippen MR) is 146 cm³/mol. The minimum absolute atomic E-state index is 0.211. The van der Waals surface area contributed by atoms with Gasteiger partial charge in [-0.25, -0.2) is 0 Å². The molecule has 2 N–H and O–H groups in total. The van der Waals surface area contributed by atoms with Crippen molar-refractivity contribution >= 4 is 35.0 Å². The molecular weight excluding hydrogens is 468 g/mol. The number of amidine groups is 1. The van der Waals surface area contributed by atoms with E-state index in [4.69, 9.17) is 5.73 Å². The lowest BCUT2D eigenvalue weighted by atomic mass is 10.1. The molecule has 1 heterocycles. The van der Waals surface area contributed by atoms with E-state index in [2.05, 4.69) is 22.0 Å². The molecule has 0 aromatic heterocycles. The molecule has 2 amide bonds. The van der Waals surface area contributed by atoms with Gasteiger partial charge in [0.2, 0.25) is 0 Å². The van der Waals surface area contributed by atoms with Crippen molar-refractivity contribution in [1.29, 1.82) is 0 Å². The van der Waals surface area contributed by atoms with Crippen molar-refractivity contribution in [3.8, 4) is 11.8 Å². The lowest BCUT2D eigenvalue weighted by Gasteiger charge is -2.12. The van der Waals surface area contributed by atoms with Gasteiger partial charge in [0.05, 0.1) is 17.3 Å². The maximum Gasteiger partial charge on any atom is 0.261 e. The average molecular weight is 495 g/mol. The first-order valence-corrected chi connectivity index (χ1v) is 12.7. The summed E-state index contributed by atoms with van der Waals surface area (Å²) in [4.78, 5) is 26.2. The molecule has 1 aliphatic rings. The Hall–Kier alpha value is -4.15. The number of fused-ring (bicyclic) bond motifs is 1. The Balaban J connectivity index is 1.25. The SMILES string of the molecule is NC(=NN=Cc1ccccc1C#CCCCCN1C(=O)c2ccccc2C1=O)SCc1ccccc1. The summed E-state index contributed by atoms with van der Waals surface area (Å²) in [5.74, 6) is 6.68. The molecule has 3 aromatic carbocycles. The first-order valence-electron chi connectivity index (χ1n) is 11.7. The summed E-state index contributed by atoms with van der Waals surface area (Å²) in [6.07, 6.45) is 3.81. The van der Waals surface area contributed by atoms with Gasteiger partial charge >= 0.3 is 0 Å². The van der Waals surface area contributed by atoms with E-state index in [1.54, 1.807) is 30.5 Å². The average Bonchev–Trinajstić information content (AvgIpc) is 3.15. The van der Waals surface area contributed by atoms with E-state index in [0.717, 1.165) is 23.3 Å². The molecule has 0 radical (unpaired) electrons. The third-order valence-electron chi connectivity index (χ3n) is 5.58. The van der Waals surface area contributed by atoms with Crippen molar-refractivity contribution in [1.82, 2.24) is 4.90 Å². The Morgan fingerprint density at radius 2 is 1.56 bits per heavy atom. The van der Waals surface area contributed by atoms with Crippen molar-refractivity contribution in [2.45, 2.75) is 25.0 Å². The Labute approximate surface area is 215 Å². The van der Waals surface area contributed by atoms with Crippen molar-refractivity contribution in [3.63, 3.8) is 0 Å². The second-order valence-electron chi connectivity index (χ2n) is 8.11. The monoisotopic (exact) mass is 494 g/mol. The summed E-state index contributed by atoms with van der Waals surface area (Å²) in [5.41, 5.74) is 9.83. The maximum atomic E-state index is 12.4.